The molecule has 2 aromatic carbocycles. The Bertz CT molecular complexity index is 1470. The molecule has 232 valence electrons. The van der Waals surface area contributed by atoms with E-state index in [9.17, 15) is 39.0 Å². The Hall–Kier alpha value is -2.18. The number of hydrogen-bond donors (Lipinski definition) is 0. The number of hydrogen-bond acceptors (Lipinski definition) is 6. The maximum absolute atomic E-state index is 14.9. The lowest BCUT2D eigenvalue weighted by atomic mass is 9.76. The van der Waals surface area contributed by atoms with Crippen LogP contribution in [0.15, 0.2) is 21.9 Å². The van der Waals surface area contributed by atoms with Crippen LogP contribution in [0.5, 0.6) is 5.75 Å². The molecule has 0 radical (unpaired) electrons. The summed E-state index contributed by atoms with van der Waals surface area (Å²) in [6.07, 6.45) is 13.6. The first kappa shape index (κ1) is 31.3. The quantitative estimate of drug-likeness (QED) is 0.133. The van der Waals surface area contributed by atoms with Gasteiger partial charge in [0.15, 0.2) is 11.6 Å². The molecular weight excluding hydrogens is 596 g/mol. The third-order valence-electron chi connectivity index (χ3n) is 9.21. The maximum atomic E-state index is 14.9. The van der Waals surface area contributed by atoms with Gasteiger partial charge in [0.1, 0.15) is 19.9 Å². The Labute approximate surface area is 244 Å². The number of rotatable bonds is 7. The van der Waals surface area contributed by atoms with Crippen molar-refractivity contribution < 1.29 is 43.1 Å². The van der Waals surface area contributed by atoms with Crippen LogP contribution in [-0.4, -0.2) is 21.4 Å². The average molecular weight is 632 g/mol. The van der Waals surface area contributed by atoms with Gasteiger partial charge in [-0.2, -0.15) is 17.2 Å². The molecule has 3 fully saturated rings. The molecule has 0 heterocycles. The number of benzene rings is 2. The molecule has 0 aromatic heterocycles. The van der Waals surface area contributed by atoms with Crippen LogP contribution in [0.3, 0.4) is 0 Å². The van der Waals surface area contributed by atoms with Crippen molar-refractivity contribution >= 4 is 20.2 Å². The second-order valence-corrected chi connectivity index (χ2v) is 14.7. The standard InChI is InChI=1S/C30H36F4O6S2/c31-24-26(33)30(41(35,36)37)27(34)25(32)28(24)40-42(38,39)29-22(19-12-6-2-7-13-19)16-21(18-10-4-1-5-11-18)17-23(29)20-14-8-3-9-15-20/h16-20H,1-15H2,(H,35,36,37)/p-1. The van der Waals surface area contributed by atoms with E-state index >= 15 is 0 Å². The monoisotopic (exact) mass is 631 g/mol. The lowest BCUT2D eigenvalue weighted by Gasteiger charge is -2.32. The highest BCUT2D eigenvalue weighted by molar-refractivity contribution is 7.87. The Balaban J connectivity index is 1.70. The Morgan fingerprint density at radius 2 is 0.952 bits per heavy atom. The fourth-order valence-corrected chi connectivity index (χ4v) is 9.22. The molecule has 0 amide bonds. The van der Waals surface area contributed by atoms with Crippen molar-refractivity contribution in [2.75, 3.05) is 0 Å². The van der Waals surface area contributed by atoms with E-state index in [2.05, 4.69) is 0 Å². The summed E-state index contributed by atoms with van der Waals surface area (Å²) in [6, 6.07) is 3.77. The molecular formula is C30H35F4O6S2-. The lowest BCUT2D eigenvalue weighted by molar-refractivity contribution is 0.361. The highest BCUT2D eigenvalue weighted by atomic mass is 32.2. The van der Waals surface area contributed by atoms with Crippen LogP contribution < -0.4 is 4.18 Å². The van der Waals surface area contributed by atoms with Crippen LogP contribution in [0.2, 0.25) is 0 Å². The Morgan fingerprint density at radius 1 is 0.571 bits per heavy atom. The van der Waals surface area contributed by atoms with Crippen molar-refractivity contribution in [3.63, 3.8) is 0 Å². The summed E-state index contributed by atoms with van der Waals surface area (Å²) in [5.74, 6) is -11.9. The first-order valence-corrected chi connectivity index (χ1v) is 17.7. The van der Waals surface area contributed by atoms with Crippen LogP contribution in [0.1, 0.15) is 131 Å². The van der Waals surface area contributed by atoms with Gasteiger partial charge in [0.2, 0.25) is 17.4 Å². The third kappa shape index (κ3) is 6.22. The predicted molar refractivity (Wildman–Crippen MR) is 146 cm³/mol. The first-order valence-electron chi connectivity index (χ1n) is 14.8. The number of halogens is 4. The minimum absolute atomic E-state index is 0.158. The zero-order valence-electron chi connectivity index (χ0n) is 23.3. The SMILES string of the molecule is O=S(=O)([O-])c1c(F)c(F)c(OS(=O)(=O)c2c(C3CCCCC3)cc(C3CCCCC3)cc2C2CCCCC2)c(F)c1F. The highest BCUT2D eigenvalue weighted by Gasteiger charge is 2.38. The molecule has 0 unspecified atom stereocenters. The summed E-state index contributed by atoms with van der Waals surface area (Å²) in [5, 5.41) is 0. The fraction of sp³-hybridized carbons (Fsp3) is 0.600. The molecule has 0 spiro atoms. The summed E-state index contributed by atoms with van der Waals surface area (Å²) in [6.45, 7) is 0. The molecule has 12 heteroatoms. The molecule has 42 heavy (non-hydrogen) atoms. The Morgan fingerprint density at radius 3 is 1.33 bits per heavy atom. The van der Waals surface area contributed by atoms with E-state index in [4.69, 9.17) is 4.18 Å². The molecule has 3 saturated carbocycles. The van der Waals surface area contributed by atoms with Gasteiger partial charge in [0.25, 0.3) is 0 Å². The van der Waals surface area contributed by atoms with E-state index in [0.29, 0.717) is 36.8 Å². The van der Waals surface area contributed by atoms with Gasteiger partial charge >= 0.3 is 10.1 Å². The van der Waals surface area contributed by atoms with E-state index < -0.39 is 54.2 Å². The van der Waals surface area contributed by atoms with E-state index in [1.165, 1.54) is 0 Å². The zero-order chi connectivity index (χ0) is 30.2. The highest BCUT2D eigenvalue weighted by Crippen LogP contribution is 2.46. The average Bonchev–Trinajstić information content (AvgIpc) is 2.98. The molecule has 5 rings (SSSR count). The molecule has 0 bridgehead atoms. The summed E-state index contributed by atoms with van der Waals surface area (Å²) in [4.78, 5) is -2.59. The van der Waals surface area contributed by atoms with Crippen molar-refractivity contribution in [1.82, 2.24) is 0 Å². The molecule has 0 N–H and O–H groups in total. The fourth-order valence-electron chi connectivity index (χ4n) is 7.13. The lowest BCUT2D eigenvalue weighted by Crippen LogP contribution is -2.22. The Kier molecular flexibility index (Phi) is 9.25. The van der Waals surface area contributed by atoms with Crippen molar-refractivity contribution in [2.45, 2.75) is 124 Å². The zero-order valence-corrected chi connectivity index (χ0v) is 24.9. The largest absolute Gasteiger partial charge is 0.744 e. The van der Waals surface area contributed by atoms with Crippen molar-refractivity contribution in [1.29, 1.82) is 0 Å². The van der Waals surface area contributed by atoms with Crippen molar-refractivity contribution in [3.8, 4) is 5.75 Å². The predicted octanol–water partition coefficient (Wildman–Crippen LogP) is 8.06. The summed E-state index contributed by atoms with van der Waals surface area (Å²) >= 11 is 0. The van der Waals surface area contributed by atoms with Gasteiger partial charge in [0, 0.05) is 0 Å². The van der Waals surface area contributed by atoms with Crippen molar-refractivity contribution in [3.05, 3.63) is 52.1 Å². The third-order valence-corrected chi connectivity index (χ3v) is 11.4. The normalized spacial score (nSPS) is 20.1. The van der Waals surface area contributed by atoms with Gasteiger partial charge in [-0.15, -0.1) is 0 Å². The summed E-state index contributed by atoms with van der Waals surface area (Å²) < 4.78 is 126. The van der Waals surface area contributed by atoms with E-state index in [-0.39, 0.29) is 22.6 Å². The topological polar surface area (TPSA) is 101 Å². The molecule has 0 atom stereocenters. The van der Waals surface area contributed by atoms with E-state index in [1.54, 1.807) is 0 Å². The van der Waals surface area contributed by atoms with Gasteiger partial charge in [-0.3, -0.25) is 0 Å². The molecule has 2 aromatic rings. The molecule has 3 aliphatic rings. The van der Waals surface area contributed by atoms with Gasteiger partial charge in [0.05, 0.1) is 0 Å². The summed E-state index contributed by atoms with van der Waals surface area (Å²) in [7, 11) is -11.1. The molecule has 3 aliphatic carbocycles. The van der Waals surface area contributed by atoms with Crippen LogP contribution in [0.25, 0.3) is 0 Å². The maximum Gasteiger partial charge on any atom is 0.339 e. The molecule has 0 aliphatic heterocycles. The van der Waals surface area contributed by atoms with Crippen LogP contribution >= 0.6 is 0 Å². The van der Waals surface area contributed by atoms with Gasteiger partial charge < -0.3 is 8.74 Å². The van der Waals surface area contributed by atoms with Gasteiger partial charge in [-0.1, -0.05) is 69.9 Å². The van der Waals surface area contributed by atoms with Crippen LogP contribution in [0.4, 0.5) is 17.6 Å². The van der Waals surface area contributed by atoms with Gasteiger partial charge in [-0.05, 0) is 73.0 Å². The van der Waals surface area contributed by atoms with Gasteiger partial charge in [-0.25, -0.2) is 17.2 Å². The van der Waals surface area contributed by atoms with E-state index in [1.807, 2.05) is 12.1 Å². The molecule has 6 nitrogen and oxygen atoms in total. The van der Waals surface area contributed by atoms with Crippen molar-refractivity contribution in [2.24, 2.45) is 0 Å². The summed E-state index contributed by atoms with van der Waals surface area (Å²) in [5.41, 5.74) is 2.03. The minimum atomic E-state index is -5.96. The second-order valence-electron chi connectivity index (χ2n) is 11.9. The minimum Gasteiger partial charge on any atom is -0.744 e. The first-order chi connectivity index (χ1) is 19.9. The molecule has 0 saturated heterocycles. The van der Waals surface area contributed by atoms with E-state index in [0.717, 1.165) is 76.2 Å². The smallest absolute Gasteiger partial charge is 0.339 e. The van der Waals surface area contributed by atoms with Crippen LogP contribution in [0, 0.1) is 23.3 Å². The second kappa shape index (κ2) is 12.4. The van der Waals surface area contributed by atoms with Crippen LogP contribution in [-0.2, 0) is 20.2 Å².